The summed E-state index contributed by atoms with van der Waals surface area (Å²) >= 11 is 0. The smallest absolute Gasteiger partial charge is 0.321 e. The van der Waals surface area contributed by atoms with Gasteiger partial charge in [0.1, 0.15) is 0 Å². The minimum Gasteiger partial charge on any atom is -0.480 e. The van der Waals surface area contributed by atoms with Gasteiger partial charge in [-0.05, 0) is 50.4 Å². The molecule has 1 aliphatic heterocycles. The molecule has 2 N–H and O–H groups in total. The Morgan fingerprint density at radius 1 is 1.19 bits per heavy atom. The van der Waals surface area contributed by atoms with E-state index in [9.17, 15) is 9.59 Å². The average molecular weight is 361 g/mol. The molecule has 1 aromatic rings. The second-order valence-electron chi connectivity index (χ2n) is 7.11. The van der Waals surface area contributed by atoms with Gasteiger partial charge in [-0.2, -0.15) is 0 Å². The zero-order valence-corrected chi connectivity index (χ0v) is 15.9. The van der Waals surface area contributed by atoms with Crippen LogP contribution >= 0.6 is 0 Å². The van der Waals surface area contributed by atoms with Crippen LogP contribution in [-0.2, 0) is 11.2 Å². The lowest BCUT2D eigenvalue weighted by atomic mass is 10.0. The van der Waals surface area contributed by atoms with Crippen LogP contribution in [0, 0.1) is 0 Å². The summed E-state index contributed by atoms with van der Waals surface area (Å²) in [5, 5.41) is 11.8. The highest BCUT2D eigenvalue weighted by Gasteiger charge is 2.26. The van der Waals surface area contributed by atoms with E-state index in [2.05, 4.69) is 24.4 Å². The summed E-state index contributed by atoms with van der Waals surface area (Å²) in [5.41, 5.74) is 2.12. The number of unbranched alkanes of at least 4 members (excludes halogenated alkanes) is 2. The molecule has 1 fully saturated rings. The molecule has 0 radical (unpaired) electrons. The predicted octanol–water partition coefficient (Wildman–Crippen LogP) is 3.43. The van der Waals surface area contributed by atoms with Crippen molar-refractivity contribution in [1.29, 1.82) is 0 Å². The maximum Gasteiger partial charge on any atom is 0.321 e. The number of benzene rings is 1. The van der Waals surface area contributed by atoms with Crippen LogP contribution < -0.4 is 5.32 Å². The minimum atomic E-state index is -0.814. The van der Waals surface area contributed by atoms with Crippen LogP contribution in [0.3, 0.4) is 0 Å². The highest BCUT2D eigenvalue weighted by molar-refractivity contribution is 5.89. The average Bonchev–Trinajstić information content (AvgIpc) is 2.63. The number of piperidine rings is 1. The third-order valence-corrected chi connectivity index (χ3v) is 5.03. The number of hydrogen-bond acceptors (Lipinski definition) is 3. The first-order valence-corrected chi connectivity index (χ1v) is 9.56. The summed E-state index contributed by atoms with van der Waals surface area (Å²) in [6, 6.07) is 8.23. The van der Waals surface area contributed by atoms with Gasteiger partial charge in [0, 0.05) is 24.8 Å². The first-order chi connectivity index (χ1) is 12.5. The lowest BCUT2D eigenvalue weighted by Crippen LogP contribution is -2.47. The second kappa shape index (κ2) is 10.2. The van der Waals surface area contributed by atoms with Crippen molar-refractivity contribution < 1.29 is 14.7 Å². The zero-order valence-electron chi connectivity index (χ0n) is 15.9. The van der Waals surface area contributed by atoms with Crippen molar-refractivity contribution in [2.75, 3.05) is 32.0 Å². The Balaban J connectivity index is 1.77. The number of anilines is 1. The van der Waals surface area contributed by atoms with Crippen molar-refractivity contribution in [2.24, 2.45) is 0 Å². The van der Waals surface area contributed by atoms with Crippen molar-refractivity contribution in [3.63, 3.8) is 0 Å². The summed E-state index contributed by atoms with van der Waals surface area (Å²) < 4.78 is 0. The maximum absolute atomic E-state index is 12.4. The van der Waals surface area contributed by atoms with Gasteiger partial charge in [-0.25, -0.2) is 4.79 Å². The number of aliphatic carboxylic acids is 1. The van der Waals surface area contributed by atoms with Crippen LogP contribution in [0.25, 0.3) is 0 Å². The first kappa shape index (κ1) is 20.2. The van der Waals surface area contributed by atoms with Gasteiger partial charge in [-0.3, -0.25) is 9.69 Å². The molecule has 0 unspecified atom stereocenters. The SMILES string of the molecule is CCCCCc1ccc(NC(=O)N2CCC(N(C)CC(=O)O)CC2)cc1. The largest absolute Gasteiger partial charge is 0.480 e. The number of hydrogen-bond donors (Lipinski definition) is 2. The van der Waals surface area contributed by atoms with Crippen LogP contribution in [0.4, 0.5) is 10.5 Å². The van der Waals surface area contributed by atoms with Gasteiger partial charge < -0.3 is 15.3 Å². The van der Waals surface area contributed by atoms with Crippen LogP contribution in [0.2, 0.25) is 0 Å². The molecular formula is C20H31N3O3. The molecule has 0 aromatic heterocycles. The van der Waals surface area contributed by atoms with Crippen molar-refractivity contribution in [3.8, 4) is 0 Å². The number of carbonyl (C=O) groups is 2. The zero-order chi connectivity index (χ0) is 18.9. The molecule has 0 atom stereocenters. The molecule has 26 heavy (non-hydrogen) atoms. The third-order valence-electron chi connectivity index (χ3n) is 5.03. The third kappa shape index (κ3) is 6.33. The Bertz CT molecular complexity index is 580. The molecule has 1 saturated heterocycles. The van der Waals surface area contributed by atoms with E-state index in [1.807, 2.05) is 24.1 Å². The van der Waals surface area contributed by atoms with Crippen LogP contribution in [0.15, 0.2) is 24.3 Å². The molecule has 2 rings (SSSR count). The summed E-state index contributed by atoms with van der Waals surface area (Å²) in [4.78, 5) is 26.9. The van der Waals surface area contributed by atoms with Crippen molar-refractivity contribution in [1.82, 2.24) is 9.80 Å². The van der Waals surface area contributed by atoms with Gasteiger partial charge in [0.25, 0.3) is 0 Å². The number of rotatable bonds is 8. The van der Waals surface area contributed by atoms with Crippen LogP contribution in [-0.4, -0.2) is 59.6 Å². The number of carboxylic acids is 1. The van der Waals surface area contributed by atoms with Crippen molar-refractivity contribution in [2.45, 2.75) is 51.5 Å². The van der Waals surface area contributed by atoms with Gasteiger partial charge >= 0.3 is 12.0 Å². The molecule has 1 heterocycles. The lowest BCUT2D eigenvalue weighted by molar-refractivity contribution is -0.138. The predicted molar refractivity (Wildman–Crippen MR) is 104 cm³/mol. The number of nitrogens with one attached hydrogen (secondary N) is 1. The molecule has 6 nitrogen and oxygen atoms in total. The number of nitrogens with zero attached hydrogens (tertiary/aromatic N) is 2. The summed E-state index contributed by atoms with van der Waals surface area (Å²) in [5.74, 6) is -0.814. The molecule has 0 saturated carbocycles. The molecule has 0 aliphatic carbocycles. The van der Waals surface area contributed by atoms with Crippen LogP contribution in [0.5, 0.6) is 0 Å². The Kier molecular flexibility index (Phi) is 7.91. The quantitative estimate of drug-likeness (QED) is 0.696. The normalized spacial score (nSPS) is 15.3. The number of carboxylic acid groups (broad SMARTS) is 1. The number of carbonyl (C=O) groups excluding carboxylic acids is 1. The van der Waals surface area contributed by atoms with Gasteiger partial charge in [-0.1, -0.05) is 31.9 Å². The molecule has 1 aliphatic rings. The van der Waals surface area contributed by atoms with Gasteiger partial charge in [0.15, 0.2) is 0 Å². The second-order valence-corrected chi connectivity index (χ2v) is 7.11. The fraction of sp³-hybridized carbons (Fsp3) is 0.600. The topological polar surface area (TPSA) is 72.9 Å². The number of urea groups is 1. The van der Waals surface area contributed by atoms with Crippen LogP contribution in [0.1, 0.15) is 44.6 Å². The number of likely N-dealkylation sites (N-methyl/N-ethyl adjacent to an activating group) is 1. The first-order valence-electron chi connectivity index (χ1n) is 9.56. The Hall–Kier alpha value is -2.08. The summed E-state index contributed by atoms with van der Waals surface area (Å²) in [6.07, 6.45) is 6.35. The maximum atomic E-state index is 12.4. The van der Waals surface area contributed by atoms with Gasteiger partial charge in [-0.15, -0.1) is 0 Å². The number of amides is 2. The van der Waals surface area contributed by atoms with E-state index in [1.54, 1.807) is 4.90 Å². The molecule has 2 amide bonds. The monoisotopic (exact) mass is 361 g/mol. The molecule has 1 aromatic carbocycles. The summed E-state index contributed by atoms with van der Waals surface area (Å²) in [7, 11) is 1.83. The Labute approximate surface area is 156 Å². The molecule has 6 heteroatoms. The van der Waals surface area contributed by atoms with Crippen molar-refractivity contribution in [3.05, 3.63) is 29.8 Å². The minimum absolute atomic E-state index is 0.0431. The van der Waals surface area contributed by atoms with E-state index in [-0.39, 0.29) is 18.6 Å². The van der Waals surface area contributed by atoms with E-state index in [0.29, 0.717) is 13.1 Å². The van der Waals surface area contributed by atoms with E-state index >= 15 is 0 Å². The van der Waals surface area contributed by atoms with Gasteiger partial charge in [0.05, 0.1) is 6.54 Å². The van der Waals surface area contributed by atoms with E-state index in [1.165, 1.54) is 24.8 Å². The van der Waals surface area contributed by atoms with E-state index in [4.69, 9.17) is 5.11 Å². The Morgan fingerprint density at radius 2 is 1.85 bits per heavy atom. The standard InChI is InChI=1S/C20H31N3O3/c1-3-4-5-6-16-7-9-17(10-8-16)21-20(26)23-13-11-18(12-14-23)22(2)15-19(24)25/h7-10,18H,3-6,11-15H2,1-2H3,(H,21,26)(H,24,25). The van der Waals surface area contributed by atoms with Gasteiger partial charge in [0.2, 0.25) is 0 Å². The molecule has 0 bridgehead atoms. The highest BCUT2D eigenvalue weighted by atomic mass is 16.4. The number of aryl methyl sites for hydroxylation is 1. The van der Waals surface area contributed by atoms with Crippen molar-refractivity contribution >= 4 is 17.7 Å². The fourth-order valence-corrected chi connectivity index (χ4v) is 3.39. The molecular weight excluding hydrogens is 330 g/mol. The lowest BCUT2D eigenvalue weighted by Gasteiger charge is -2.36. The number of likely N-dealkylation sites (tertiary alicyclic amines) is 1. The highest BCUT2D eigenvalue weighted by Crippen LogP contribution is 2.17. The van der Waals surface area contributed by atoms with E-state index < -0.39 is 5.97 Å². The molecule has 0 spiro atoms. The fourth-order valence-electron chi connectivity index (χ4n) is 3.39. The summed E-state index contributed by atoms with van der Waals surface area (Å²) in [6.45, 7) is 3.54. The molecule has 144 valence electrons. The van der Waals surface area contributed by atoms with E-state index in [0.717, 1.165) is 24.9 Å². The Morgan fingerprint density at radius 3 is 2.42 bits per heavy atom.